The van der Waals surface area contributed by atoms with Crippen molar-refractivity contribution in [2.24, 2.45) is 0 Å². The van der Waals surface area contributed by atoms with Crippen LogP contribution in [0.2, 0.25) is 0 Å². The first-order valence-corrected chi connectivity index (χ1v) is 14.5. The van der Waals surface area contributed by atoms with Crippen LogP contribution in [0.4, 0.5) is 27.4 Å². The summed E-state index contributed by atoms with van der Waals surface area (Å²) in [6, 6.07) is 8.33. The van der Waals surface area contributed by atoms with Crippen LogP contribution in [-0.4, -0.2) is 82.7 Å². The topological polar surface area (TPSA) is 98.8 Å². The summed E-state index contributed by atoms with van der Waals surface area (Å²) >= 11 is 0. The number of anilines is 4. The van der Waals surface area contributed by atoms with Gasteiger partial charge in [0.15, 0.2) is 11.6 Å². The number of benzene rings is 1. The Labute approximate surface area is 231 Å². The maximum absolute atomic E-state index is 16.5. The van der Waals surface area contributed by atoms with Crippen LogP contribution in [-0.2, 0) is 4.79 Å². The molecule has 2 N–H and O–H groups in total. The van der Waals surface area contributed by atoms with Gasteiger partial charge in [-0.05, 0) is 63.7 Å². The van der Waals surface area contributed by atoms with Crippen molar-refractivity contribution >= 4 is 39.8 Å². The molecule has 5 aliphatic rings. The predicted octanol–water partition coefficient (Wildman–Crippen LogP) is 3.20. The summed E-state index contributed by atoms with van der Waals surface area (Å²) in [7, 11) is 0. The molecule has 1 aromatic carbocycles. The zero-order chi connectivity index (χ0) is 26.8. The summed E-state index contributed by atoms with van der Waals surface area (Å²) < 4.78 is 22.8. The van der Waals surface area contributed by atoms with Crippen LogP contribution in [0.25, 0.3) is 10.9 Å². The lowest BCUT2D eigenvalue weighted by Crippen LogP contribution is -2.51. The number of ether oxygens (including phenoxy) is 1. The van der Waals surface area contributed by atoms with E-state index in [1.165, 1.54) is 12.8 Å². The number of carbonyl (C=O) groups excluding carboxylic acids is 1. The van der Waals surface area contributed by atoms with Gasteiger partial charge in [-0.25, -0.2) is 9.37 Å². The van der Waals surface area contributed by atoms with Crippen LogP contribution in [0.15, 0.2) is 30.5 Å². The maximum atomic E-state index is 16.5. The van der Waals surface area contributed by atoms with Crippen molar-refractivity contribution in [2.75, 3.05) is 54.4 Å². The summed E-state index contributed by atoms with van der Waals surface area (Å²) in [5, 5.41) is 7.08. The number of hydrogen-bond acceptors (Lipinski definition) is 9. The van der Waals surface area contributed by atoms with Gasteiger partial charge in [-0.3, -0.25) is 9.69 Å². The number of para-hydroxylation sites is 2. The lowest BCUT2D eigenvalue weighted by atomic mass is 9.95. The van der Waals surface area contributed by atoms with Crippen molar-refractivity contribution in [2.45, 2.75) is 56.1 Å². The fourth-order valence-corrected chi connectivity index (χ4v) is 7.56. The first kappa shape index (κ1) is 24.2. The van der Waals surface area contributed by atoms with Gasteiger partial charge in [0.25, 0.3) is 0 Å². The molecule has 2 aromatic heterocycles. The van der Waals surface area contributed by atoms with Crippen LogP contribution in [0, 0.1) is 5.82 Å². The quantitative estimate of drug-likeness (QED) is 0.502. The molecular formula is C29H33FN8O2. The molecule has 10 nitrogen and oxygen atoms in total. The summed E-state index contributed by atoms with van der Waals surface area (Å²) in [5.74, 6) is -0.0572. The molecule has 208 valence electrons. The van der Waals surface area contributed by atoms with E-state index in [-0.39, 0.29) is 35.3 Å². The highest BCUT2D eigenvalue weighted by molar-refractivity contribution is 6.03. The van der Waals surface area contributed by atoms with E-state index < -0.39 is 5.82 Å². The fraction of sp³-hybridized carbons (Fsp3) is 0.517. The molecule has 40 heavy (non-hydrogen) atoms. The Kier molecular flexibility index (Phi) is 5.60. The van der Waals surface area contributed by atoms with Gasteiger partial charge < -0.3 is 25.2 Å². The standard InChI is InChI=1S/C29H33FN8O2/c30-24-25-20(13-31-27(24)38-16-23(39)33-21-5-1-2-6-22(21)38)26(36-14-18-7-8-19(15-36)32-18)35-28(34-25)40-17-29-9-3-11-37(29)12-4-10-29/h1-2,5-6,13,18-19,32H,3-4,7-12,14-17H2,(H,33,39)/t18-,19+. The van der Waals surface area contributed by atoms with Gasteiger partial charge in [-0.2, -0.15) is 9.97 Å². The molecule has 0 spiro atoms. The number of hydrogen-bond donors (Lipinski definition) is 2. The smallest absolute Gasteiger partial charge is 0.319 e. The molecule has 11 heteroatoms. The molecule has 2 bridgehead atoms. The minimum Gasteiger partial charge on any atom is -0.461 e. The first-order chi connectivity index (χ1) is 19.6. The summed E-state index contributed by atoms with van der Waals surface area (Å²) in [6.45, 7) is 4.26. The molecule has 0 radical (unpaired) electrons. The number of aromatic nitrogens is 3. The lowest BCUT2D eigenvalue weighted by Gasteiger charge is -2.35. The molecule has 1 amide bonds. The third-order valence-corrected chi connectivity index (χ3v) is 9.45. The number of nitrogens with zero attached hydrogens (tertiary/aromatic N) is 6. The number of nitrogens with one attached hydrogen (secondary N) is 2. The van der Waals surface area contributed by atoms with Crippen molar-refractivity contribution in [1.29, 1.82) is 0 Å². The van der Waals surface area contributed by atoms with Crippen LogP contribution < -0.4 is 25.2 Å². The highest BCUT2D eigenvalue weighted by Gasteiger charge is 2.45. The van der Waals surface area contributed by atoms with Gasteiger partial charge >= 0.3 is 6.01 Å². The monoisotopic (exact) mass is 544 g/mol. The first-order valence-electron chi connectivity index (χ1n) is 14.5. The molecule has 0 saturated carbocycles. The predicted molar refractivity (Wildman–Crippen MR) is 150 cm³/mol. The number of rotatable bonds is 5. The van der Waals surface area contributed by atoms with Crippen LogP contribution in [0.5, 0.6) is 6.01 Å². The molecule has 0 aliphatic carbocycles. The molecule has 3 aromatic rings. The number of piperazine rings is 1. The van der Waals surface area contributed by atoms with E-state index in [1.807, 2.05) is 18.2 Å². The summed E-state index contributed by atoms with van der Waals surface area (Å²) in [5.41, 5.74) is 1.52. The summed E-state index contributed by atoms with van der Waals surface area (Å²) in [4.78, 5) is 33.0. The highest BCUT2D eigenvalue weighted by Crippen LogP contribution is 2.41. The van der Waals surface area contributed by atoms with E-state index in [4.69, 9.17) is 9.72 Å². The van der Waals surface area contributed by atoms with E-state index in [0.29, 0.717) is 41.3 Å². The summed E-state index contributed by atoms with van der Waals surface area (Å²) in [6.07, 6.45) is 8.45. The Morgan fingerprint density at radius 3 is 2.62 bits per heavy atom. The molecule has 5 aliphatic heterocycles. The zero-order valence-electron chi connectivity index (χ0n) is 22.4. The minimum absolute atomic E-state index is 0.0272. The van der Waals surface area contributed by atoms with Crippen molar-refractivity contribution < 1.29 is 13.9 Å². The van der Waals surface area contributed by atoms with Gasteiger partial charge in [0.05, 0.1) is 22.3 Å². The Morgan fingerprint density at radius 2 is 1.82 bits per heavy atom. The number of amides is 1. The molecular weight excluding hydrogens is 511 g/mol. The van der Waals surface area contributed by atoms with E-state index >= 15 is 4.39 Å². The molecule has 0 unspecified atom stereocenters. The van der Waals surface area contributed by atoms with Gasteiger partial charge in [0.2, 0.25) is 5.91 Å². The van der Waals surface area contributed by atoms with Gasteiger partial charge in [0, 0.05) is 31.4 Å². The second kappa shape index (κ2) is 9.24. The van der Waals surface area contributed by atoms with Crippen LogP contribution in [0.3, 0.4) is 0 Å². The van der Waals surface area contributed by atoms with E-state index in [1.54, 1.807) is 17.2 Å². The molecule has 8 rings (SSSR count). The van der Waals surface area contributed by atoms with Crippen LogP contribution in [0.1, 0.15) is 38.5 Å². The lowest BCUT2D eigenvalue weighted by molar-refractivity contribution is -0.115. The largest absolute Gasteiger partial charge is 0.461 e. The zero-order valence-corrected chi connectivity index (χ0v) is 22.4. The van der Waals surface area contributed by atoms with Gasteiger partial charge in [0.1, 0.15) is 24.5 Å². The van der Waals surface area contributed by atoms with Crippen LogP contribution >= 0.6 is 0 Å². The third kappa shape index (κ3) is 3.89. The molecule has 7 heterocycles. The average Bonchev–Trinajstić information content (AvgIpc) is 3.65. The molecule has 2 atom stereocenters. The molecule has 4 fully saturated rings. The number of pyridine rings is 1. The van der Waals surface area contributed by atoms with Gasteiger partial charge in [-0.15, -0.1) is 0 Å². The Balaban J connectivity index is 1.22. The maximum Gasteiger partial charge on any atom is 0.319 e. The number of halogens is 1. The van der Waals surface area contributed by atoms with E-state index in [2.05, 4.69) is 30.4 Å². The Hall–Kier alpha value is -3.57. The highest BCUT2D eigenvalue weighted by atomic mass is 19.1. The average molecular weight is 545 g/mol. The van der Waals surface area contributed by atoms with E-state index in [9.17, 15) is 4.79 Å². The Morgan fingerprint density at radius 1 is 1.05 bits per heavy atom. The van der Waals surface area contributed by atoms with E-state index in [0.717, 1.165) is 51.9 Å². The van der Waals surface area contributed by atoms with Crippen molar-refractivity contribution in [3.8, 4) is 6.01 Å². The number of carbonyl (C=O) groups is 1. The molecule has 4 saturated heterocycles. The number of fused-ring (bicyclic) bond motifs is 5. The van der Waals surface area contributed by atoms with Crippen molar-refractivity contribution in [1.82, 2.24) is 25.2 Å². The minimum atomic E-state index is -0.574. The van der Waals surface area contributed by atoms with Gasteiger partial charge in [-0.1, -0.05) is 12.1 Å². The Bertz CT molecular complexity index is 1480. The third-order valence-electron chi connectivity index (χ3n) is 9.45. The second-order valence-corrected chi connectivity index (χ2v) is 11.9. The van der Waals surface area contributed by atoms with Crippen molar-refractivity contribution in [3.05, 3.63) is 36.3 Å². The normalized spacial score (nSPS) is 25.3. The second-order valence-electron chi connectivity index (χ2n) is 11.9. The fourth-order valence-electron chi connectivity index (χ4n) is 7.56. The SMILES string of the molecule is O=C1CN(c2ncc3c(N4C[C@H]5CC[C@@H](C4)N5)nc(OCC45CCCN4CCC5)nc3c2F)c2ccccc2N1. The van der Waals surface area contributed by atoms with Crippen molar-refractivity contribution in [3.63, 3.8) is 0 Å².